The quantitative estimate of drug-likeness (QED) is 0.294. The predicted molar refractivity (Wildman–Crippen MR) is 123 cm³/mol. The van der Waals surface area contributed by atoms with E-state index in [-0.39, 0.29) is 12.3 Å². The maximum absolute atomic E-state index is 13.3. The van der Waals surface area contributed by atoms with Crippen LogP contribution in [0, 0.1) is 5.82 Å². The summed E-state index contributed by atoms with van der Waals surface area (Å²) < 4.78 is 19.0. The highest BCUT2D eigenvalue weighted by molar-refractivity contribution is 7.17. The molecule has 3 N–H and O–H groups in total. The van der Waals surface area contributed by atoms with Crippen molar-refractivity contribution in [1.29, 1.82) is 0 Å². The molecule has 0 bridgehead atoms. The van der Waals surface area contributed by atoms with Gasteiger partial charge in [0.05, 0.1) is 24.1 Å². The number of carbonyl (C=O) groups excluding carboxylic acids is 1. The third kappa shape index (κ3) is 6.30. The topological polar surface area (TPSA) is 128 Å². The largest absolute Gasteiger partial charge is 0.492 e. The molecule has 4 rings (SSSR count). The first-order valence-corrected chi connectivity index (χ1v) is 10.8. The van der Waals surface area contributed by atoms with Crippen LogP contribution in [0.1, 0.15) is 28.9 Å². The Morgan fingerprint density at radius 1 is 1.18 bits per heavy atom. The van der Waals surface area contributed by atoms with Gasteiger partial charge in [0.2, 0.25) is 5.91 Å². The zero-order chi connectivity index (χ0) is 23.6. The summed E-state index contributed by atoms with van der Waals surface area (Å²) in [6, 6.07) is 8.05. The Morgan fingerprint density at radius 2 is 1.94 bits per heavy atom. The minimum atomic E-state index is -0.534. The number of unbranched alkanes of at least 4 members (excludes halogenated alkanes) is 1. The first-order chi connectivity index (χ1) is 16.0. The molecule has 3 aromatic heterocycles. The van der Waals surface area contributed by atoms with E-state index >= 15 is 0 Å². The van der Waals surface area contributed by atoms with Gasteiger partial charge in [-0.15, -0.1) is 11.3 Å². The third-order valence-corrected chi connectivity index (χ3v) is 5.56. The highest BCUT2D eigenvalue weighted by atomic mass is 32.1. The van der Waals surface area contributed by atoms with Crippen LogP contribution in [0.15, 0.2) is 54.4 Å². The number of benzene rings is 1. The summed E-state index contributed by atoms with van der Waals surface area (Å²) in [5.41, 5.74) is 8.52. The Bertz CT molecular complexity index is 1230. The number of hydrogen-bond donors (Lipinski definition) is 2. The fraction of sp³-hybridized carbons (Fsp3) is 0.174. The number of primary amides is 1. The van der Waals surface area contributed by atoms with Crippen LogP contribution in [0.5, 0.6) is 5.75 Å². The number of thiophene rings is 1. The molecule has 0 saturated carbocycles. The smallest absolute Gasteiger partial charge is 0.290 e. The lowest BCUT2D eigenvalue weighted by molar-refractivity contribution is -0.122. The Labute approximate surface area is 192 Å². The molecule has 0 aliphatic rings. The van der Waals surface area contributed by atoms with Gasteiger partial charge < -0.3 is 15.6 Å². The van der Waals surface area contributed by atoms with E-state index in [0.717, 1.165) is 46.3 Å². The summed E-state index contributed by atoms with van der Waals surface area (Å²) in [5, 5.41) is 9.95. The molecule has 0 spiro atoms. The molecular weight excluding hydrogens is 447 g/mol. The Balaban J connectivity index is 0.000000968. The first kappa shape index (κ1) is 23.7. The lowest BCUT2D eigenvalue weighted by atomic mass is 10.0. The lowest BCUT2D eigenvalue weighted by Gasteiger charge is -2.08. The zero-order valence-electron chi connectivity index (χ0n) is 17.5. The first-order valence-electron chi connectivity index (χ1n) is 9.96. The number of amides is 1. The number of ether oxygens (including phenoxy) is 1. The van der Waals surface area contributed by atoms with Crippen molar-refractivity contribution in [2.75, 3.05) is 6.61 Å². The van der Waals surface area contributed by atoms with Crippen LogP contribution in [0.3, 0.4) is 0 Å². The normalized spacial score (nSPS) is 10.3. The molecule has 0 saturated heterocycles. The molecule has 4 aromatic rings. The maximum Gasteiger partial charge on any atom is 0.290 e. The van der Waals surface area contributed by atoms with Gasteiger partial charge in [0.15, 0.2) is 0 Å². The molecule has 0 radical (unpaired) electrons. The maximum atomic E-state index is 13.3. The fourth-order valence-electron chi connectivity index (χ4n) is 3.19. The van der Waals surface area contributed by atoms with E-state index < -0.39 is 5.91 Å². The van der Waals surface area contributed by atoms with Crippen LogP contribution in [0.4, 0.5) is 4.39 Å². The van der Waals surface area contributed by atoms with Gasteiger partial charge in [-0.3, -0.25) is 14.6 Å². The van der Waals surface area contributed by atoms with Gasteiger partial charge in [-0.05, 0) is 43.0 Å². The molecule has 3 heterocycles. The van der Waals surface area contributed by atoms with E-state index in [1.807, 2.05) is 5.38 Å². The summed E-state index contributed by atoms with van der Waals surface area (Å²) in [7, 11) is 0. The van der Waals surface area contributed by atoms with Gasteiger partial charge in [-0.25, -0.2) is 14.4 Å². The van der Waals surface area contributed by atoms with E-state index in [2.05, 4.69) is 15.0 Å². The van der Waals surface area contributed by atoms with Crippen LogP contribution >= 0.6 is 11.3 Å². The van der Waals surface area contributed by atoms with E-state index in [1.54, 1.807) is 42.1 Å². The number of nitrogens with zero attached hydrogens (tertiary/aromatic N) is 3. The number of aryl methyl sites for hydroxylation is 1. The van der Waals surface area contributed by atoms with Crippen molar-refractivity contribution in [3.05, 3.63) is 71.5 Å². The third-order valence-electron chi connectivity index (χ3n) is 4.68. The van der Waals surface area contributed by atoms with Crippen molar-refractivity contribution in [3.63, 3.8) is 0 Å². The highest BCUT2D eigenvalue weighted by Crippen LogP contribution is 2.34. The van der Waals surface area contributed by atoms with Crippen LogP contribution in [0.2, 0.25) is 0 Å². The predicted octanol–water partition coefficient (Wildman–Crippen LogP) is 4.09. The second-order valence-electron chi connectivity index (χ2n) is 6.84. The standard InChI is InChI=1S/C22H19FN4O2S.CH2O2/c23-16-6-4-14(5-7-16)18-12-30-22-20(18)19(26-13-27-22)3-1-2-8-29-17-9-15(21(24)28)10-25-11-17;2-1-3/h4-7,9-13H,1-3,8H2,(H2,24,28);1H,(H,2,3). The van der Waals surface area contributed by atoms with E-state index in [9.17, 15) is 9.18 Å². The number of carboxylic acid groups (broad SMARTS) is 1. The van der Waals surface area contributed by atoms with Crippen LogP contribution in [-0.2, 0) is 11.2 Å². The summed E-state index contributed by atoms with van der Waals surface area (Å²) in [6.07, 6.45) is 7.00. The molecule has 1 aromatic carbocycles. The molecule has 170 valence electrons. The van der Waals surface area contributed by atoms with Gasteiger partial charge in [0.25, 0.3) is 6.47 Å². The van der Waals surface area contributed by atoms with Crippen molar-refractivity contribution < 1.29 is 23.8 Å². The number of halogens is 1. The van der Waals surface area contributed by atoms with Crippen molar-refractivity contribution in [3.8, 4) is 16.9 Å². The second kappa shape index (κ2) is 11.6. The molecule has 0 aliphatic carbocycles. The molecule has 0 unspecified atom stereocenters. The number of pyridine rings is 1. The number of nitrogens with two attached hydrogens (primary N) is 1. The Morgan fingerprint density at radius 3 is 2.67 bits per heavy atom. The van der Waals surface area contributed by atoms with Gasteiger partial charge in [0, 0.05) is 22.5 Å². The van der Waals surface area contributed by atoms with Gasteiger partial charge in [-0.2, -0.15) is 0 Å². The summed E-state index contributed by atoms with van der Waals surface area (Å²) in [5.74, 6) is -0.271. The molecular formula is C23H21FN4O4S. The highest BCUT2D eigenvalue weighted by Gasteiger charge is 2.13. The average molecular weight is 469 g/mol. The summed E-state index contributed by atoms with van der Waals surface area (Å²) in [4.78, 5) is 33.3. The number of rotatable bonds is 8. The van der Waals surface area contributed by atoms with Gasteiger partial charge >= 0.3 is 0 Å². The van der Waals surface area contributed by atoms with Crippen molar-refractivity contribution in [2.45, 2.75) is 19.3 Å². The Hall–Kier alpha value is -3.92. The van der Waals surface area contributed by atoms with E-state index in [4.69, 9.17) is 20.4 Å². The minimum Gasteiger partial charge on any atom is -0.492 e. The van der Waals surface area contributed by atoms with Crippen molar-refractivity contribution in [1.82, 2.24) is 15.0 Å². The number of fused-ring (bicyclic) bond motifs is 1. The van der Waals surface area contributed by atoms with Crippen LogP contribution < -0.4 is 10.5 Å². The molecule has 8 nitrogen and oxygen atoms in total. The number of hydrogen-bond acceptors (Lipinski definition) is 7. The molecule has 33 heavy (non-hydrogen) atoms. The van der Waals surface area contributed by atoms with Crippen molar-refractivity contribution in [2.24, 2.45) is 5.73 Å². The second-order valence-corrected chi connectivity index (χ2v) is 7.70. The zero-order valence-corrected chi connectivity index (χ0v) is 18.3. The SMILES string of the molecule is NC(=O)c1cncc(OCCCCc2ncnc3scc(-c4ccc(F)cc4)c23)c1.O=CO. The van der Waals surface area contributed by atoms with E-state index in [0.29, 0.717) is 17.9 Å². The molecule has 0 atom stereocenters. The lowest BCUT2D eigenvalue weighted by Crippen LogP contribution is -2.11. The van der Waals surface area contributed by atoms with Crippen LogP contribution in [0.25, 0.3) is 21.3 Å². The van der Waals surface area contributed by atoms with Crippen molar-refractivity contribution >= 4 is 33.9 Å². The molecule has 0 aliphatic heterocycles. The number of aromatic nitrogens is 3. The molecule has 1 amide bonds. The summed E-state index contributed by atoms with van der Waals surface area (Å²) in [6.45, 7) is 0.243. The Kier molecular flexibility index (Phi) is 8.36. The minimum absolute atomic E-state index is 0.250. The van der Waals surface area contributed by atoms with Crippen LogP contribution in [-0.4, -0.2) is 39.0 Å². The van der Waals surface area contributed by atoms with Gasteiger partial charge in [-0.1, -0.05) is 12.1 Å². The molecule has 10 heteroatoms. The van der Waals surface area contributed by atoms with E-state index in [1.165, 1.54) is 18.3 Å². The molecule has 0 fully saturated rings. The average Bonchev–Trinajstić information content (AvgIpc) is 3.25. The number of carbonyl (C=O) groups is 2. The summed E-state index contributed by atoms with van der Waals surface area (Å²) >= 11 is 1.56. The van der Waals surface area contributed by atoms with Gasteiger partial charge in [0.1, 0.15) is 22.7 Å². The fourth-order valence-corrected chi connectivity index (χ4v) is 4.12. The monoisotopic (exact) mass is 468 g/mol.